The van der Waals surface area contributed by atoms with Gasteiger partial charge in [0, 0.05) is 38.2 Å². The average molecular weight is 577 g/mol. The van der Waals surface area contributed by atoms with E-state index in [1.165, 1.54) is 16.7 Å². The van der Waals surface area contributed by atoms with Crippen molar-refractivity contribution in [3.8, 4) is 0 Å². The van der Waals surface area contributed by atoms with E-state index in [9.17, 15) is 8.42 Å². The standard InChI is InChI=1S/C31H52N4O4S/c1-20-9-7-10-21(2)29(20)27-16-28-33-30(32-27)34-40(36,37)26-12-8-11-22(13-26)18-35(23-14-25(15-23)38-6)24(19-39-28)17-31(3,4)5/h7,9-10,22-28,30,32-34H,8,11-19H2,1-6H3/t22?,23?,24-,25?,26?,27?,28?,30?/m1/s1. The predicted octanol–water partition coefficient (Wildman–Crippen LogP) is 4.33. The second-order valence-corrected chi connectivity index (χ2v) is 16.1. The maximum Gasteiger partial charge on any atom is 0.216 e. The first kappa shape index (κ1) is 30.4. The third-order valence-electron chi connectivity index (χ3n) is 9.66. The molecule has 2 saturated heterocycles. The lowest BCUT2D eigenvalue weighted by molar-refractivity contribution is -0.0884. The minimum absolute atomic E-state index is 0.0179. The lowest BCUT2D eigenvalue weighted by Gasteiger charge is -2.49. The maximum atomic E-state index is 13.7. The summed E-state index contributed by atoms with van der Waals surface area (Å²) in [5.74, 6) is 0.364. The monoisotopic (exact) mass is 576 g/mol. The molecule has 226 valence electrons. The van der Waals surface area contributed by atoms with Crippen molar-refractivity contribution in [2.75, 3.05) is 20.3 Å². The van der Waals surface area contributed by atoms with Crippen LogP contribution in [0.25, 0.3) is 0 Å². The average Bonchev–Trinajstić information content (AvgIpc) is 2.84. The summed E-state index contributed by atoms with van der Waals surface area (Å²) in [5, 5.41) is 6.68. The molecule has 2 aliphatic carbocycles. The Morgan fingerprint density at radius 1 is 1.05 bits per heavy atom. The van der Waals surface area contributed by atoms with Crippen molar-refractivity contribution in [3.05, 3.63) is 34.9 Å². The summed E-state index contributed by atoms with van der Waals surface area (Å²) in [6.07, 6.45) is 6.78. The smallest absolute Gasteiger partial charge is 0.216 e. The van der Waals surface area contributed by atoms with Crippen molar-refractivity contribution in [2.24, 2.45) is 11.3 Å². The van der Waals surface area contributed by atoms with E-state index in [-0.39, 0.29) is 29.0 Å². The van der Waals surface area contributed by atoms with E-state index in [0.29, 0.717) is 31.1 Å². The molecule has 2 saturated carbocycles. The molecule has 1 aromatic rings. The highest BCUT2D eigenvalue weighted by Crippen LogP contribution is 2.37. The second-order valence-electron chi connectivity index (χ2n) is 14.1. The Labute approximate surface area is 242 Å². The fourth-order valence-electron chi connectivity index (χ4n) is 7.60. The third kappa shape index (κ3) is 7.10. The van der Waals surface area contributed by atoms with Crippen molar-refractivity contribution in [2.45, 2.75) is 128 Å². The first-order chi connectivity index (χ1) is 18.9. The number of hydrogen-bond donors (Lipinski definition) is 3. The Bertz CT molecular complexity index is 1100. The normalized spacial score (nSPS) is 37.5. The highest BCUT2D eigenvalue weighted by atomic mass is 32.2. The van der Waals surface area contributed by atoms with E-state index in [1.807, 2.05) is 7.11 Å². The summed E-state index contributed by atoms with van der Waals surface area (Å²) in [4.78, 5) is 2.69. The fourth-order valence-corrected chi connectivity index (χ4v) is 9.26. The van der Waals surface area contributed by atoms with Crippen LogP contribution in [0.2, 0.25) is 0 Å². The number of nitrogens with one attached hydrogen (secondary N) is 3. The molecule has 5 rings (SSSR count). The Hall–Kier alpha value is -1.07. The van der Waals surface area contributed by atoms with Crippen molar-refractivity contribution in [1.82, 2.24) is 20.3 Å². The highest BCUT2D eigenvalue weighted by molar-refractivity contribution is 7.90. The van der Waals surface area contributed by atoms with Gasteiger partial charge >= 0.3 is 0 Å². The first-order valence-corrected chi connectivity index (χ1v) is 17.0. The van der Waals surface area contributed by atoms with E-state index in [4.69, 9.17) is 9.47 Å². The van der Waals surface area contributed by atoms with E-state index >= 15 is 0 Å². The van der Waals surface area contributed by atoms with Crippen LogP contribution in [0, 0.1) is 25.2 Å². The van der Waals surface area contributed by atoms with Crippen LogP contribution in [0.4, 0.5) is 0 Å². The zero-order valence-electron chi connectivity index (χ0n) is 25.4. The van der Waals surface area contributed by atoms with Crippen LogP contribution in [0.15, 0.2) is 18.2 Å². The van der Waals surface area contributed by atoms with Crippen LogP contribution in [0.3, 0.4) is 0 Å². The van der Waals surface area contributed by atoms with Gasteiger partial charge in [-0.05, 0) is 80.4 Å². The first-order valence-electron chi connectivity index (χ1n) is 15.4. The van der Waals surface area contributed by atoms with Gasteiger partial charge in [-0.1, -0.05) is 45.4 Å². The van der Waals surface area contributed by atoms with Crippen LogP contribution in [-0.4, -0.2) is 69.5 Å². The topological polar surface area (TPSA) is 91.9 Å². The van der Waals surface area contributed by atoms with Gasteiger partial charge in [0.1, 0.15) is 12.5 Å². The predicted molar refractivity (Wildman–Crippen MR) is 159 cm³/mol. The summed E-state index contributed by atoms with van der Waals surface area (Å²) in [6, 6.07) is 7.05. The molecule has 2 heterocycles. The molecule has 0 amide bonds. The van der Waals surface area contributed by atoms with Crippen molar-refractivity contribution >= 4 is 10.0 Å². The molecule has 0 radical (unpaired) electrons. The number of hydrogen-bond acceptors (Lipinski definition) is 7. The lowest BCUT2D eigenvalue weighted by Crippen LogP contribution is -2.64. The Morgan fingerprint density at radius 3 is 2.45 bits per heavy atom. The molecule has 2 aliphatic heterocycles. The van der Waals surface area contributed by atoms with Crippen molar-refractivity contribution in [1.29, 1.82) is 0 Å². The summed E-state index contributed by atoms with van der Waals surface area (Å²) >= 11 is 0. The quantitative estimate of drug-likeness (QED) is 0.492. The molecule has 0 aromatic heterocycles. The van der Waals surface area contributed by atoms with E-state index < -0.39 is 16.3 Å². The number of fused-ring (bicyclic) bond motifs is 4. The van der Waals surface area contributed by atoms with Gasteiger partial charge in [0.2, 0.25) is 10.0 Å². The number of methoxy groups -OCH3 is 1. The van der Waals surface area contributed by atoms with Gasteiger partial charge in [-0.25, -0.2) is 8.42 Å². The number of rotatable bonds is 4. The number of sulfonamides is 1. The van der Waals surface area contributed by atoms with Gasteiger partial charge in [-0.2, -0.15) is 4.72 Å². The van der Waals surface area contributed by atoms with Crippen LogP contribution < -0.4 is 15.4 Å². The molecule has 40 heavy (non-hydrogen) atoms. The van der Waals surface area contributed by atoms with Crippen LogP contribution in [0.1, 0.15) is 94.9 Å². The number of aryl methyl sites for hydroxylation is 2. The van der Waals surface area contributed by atoms with Crippen LogP contribution >= 0.6 is 0 Å². The van der Waals surface area contributed by atoms with E-state index in [1.54, 1.807) is 0 Å². The lowest BCUT2D eigenvalue weighted by atomic mass is 9.81. The summed E-state index contributed by atoms with van der Waals surface area (Å²) in [5.41, 5.74) is 3.80. The summed E-state index contributed by atoms with van der Waals surface area (Å²) in [6.45, 7) is 12.8. The van der Waals surface area contributed by atoms with Crippen LogP contribution in [0.5, 0.6) is 0 Å². The van der Waals surface area contributed by atoms with Gasteiger partial charge < -0.3 is 9.47 Å². The van der Waals surface area contributed by atoms with Crippen LogP contribution in [-0.2, 0) is 19.5 Å². The largest absolute Gasteiger partial charge is 0.381 e. The van der Waals surface area contributed by atoms with E-state index in [0.717, 1.165) is 51.5 Å². The Balaban J connectivity index is 1.47. The zero-order chi connectivity index (χ0) is 28.7. The molecule has 6 atom stereocenters. The fraction of sp³-hybridized carbons (Fsp3) is 0.806. The molecular weight excluding hydrogens is 524 g/mol. The van der Waals surface area contributed by atoms with Gasteiger partial charge in [0.05, 0.1) is 18.0 Å². The molecule has 8 nitrogen and oxygen atoms in total. The maximum absolute atomic E-state index is 13.7. The van der Waals surface area contributed by atoms with Crippen molar-refractivity contribution in [3.63, 3.8) is 0 Å². The Kier molecular flexibility index (Phi) is 9.32. The molecule has 0 spiro atoms. The SMILES string of the molecule is COC1CC(N2CC3CCCC(C3)S(=O)(=O)NC3NC(CC(c4c(C)cccc4C)N3)OC[C@H]2CC(C)(C)C)C1. The number of benzene rings is 1. The second kappa shape index (κ2) is 12.3. The van der Waals surface area contributed by atoms with Gasteiger partial charge in [-0.3, -0.25) is 15.5 Å². The number of ether oxygens (including phenoxy) is 2. The number of nitrogens with zero attached hydrogens (tertiary/aromatic N) is 1. The molecule has 4 bridgehead atoms. The molecule has 4 aliphatic rings. The minimum Gasteiger partial charge on any atom is -0.381 e. The molecule has 4 fully saturated rings. The molecule has 9 heteroatoms. The summed E-state index contributed by atoms with van der Waals surface area (Å²) < 4.78 is 42.9. The molecular formula is C31H52N4O4S. The third-order valence-corrected chi connectivity index (χ3v) is 11.5. The van der Waals surface area contributed by atoms with E-state index in [2.05, 4.69) is 73.1 Å². The van der Waals surface area contributed by atoms with Crippen molar-refractivity contribution < 1.29 is 17.9 Å². The van der Waals surface area contributed by atoms with Gasteiger partial charge in [0.25, 0.3) is 0 Å². The zero-order valence-corrected chi connectivity index (χ0v) is 26.2. The highest BCUT2D eigenvalue weighted by Gasteiger charge is 2.43. The van der Waals surface area contributed by atoms with Gasteiger partial charge in [0.15, 0.2) is 0 Å². The van der Waals surface area contributed by atoms with Gasteiger partial charge in [-0.15, -0.1) is 0 Å². The Morgan fingerprint density at radius 2 is 1.77 bits per heavy atom. The molecule has 1 aromatic carbocycles. The molecule has 3 N–H and O–H groups in total. The molecule has 5 unspecified atom stereocenters. The summed E-state index contributed by atoms with van der Waals surface area (Å²) in [7, 11) is -1.71. The minimum atomic E-state index is -3.52.